The van der Waals surface area contributed by atoms with Crippen LogP contribution in [0, 0.1) is 5.92 Å². The highest BCUT2D eigenvalue weighted by atomic mass is 32.2. The lowest BCUT2D eigenvalue weighted by molar-refractivity contribution is -0.158. The zero-order valence-corrected chi connectivity index (χ0v) is 45.8. The summed E-state index contributed by atoms with van der Waals surface area (Å²) in [4.78, 5) is 62.0. The second-order valence-corrected chi connectivity index (χ2v) is 21.4. The maximum atomic E-state index is 14.9. The standard InChI is InChI=1S/C67H56N6O6S2/c1-47(71-77-45-56-62(75)73-58(42-43-80-63(56)73)64(76)78-60(48-26-10-2-11-27-48)49-28-12-3-13-29-49)44-68-61(74)59(72-79-67(53-36-20-7-21-37-53,54-38-22-8-23-39-54)55-40-24-9-25-41-55)57-46-81-65(69-57)70-66(50-30-14-4-15-31-50,51-32-16-5-17-33-51)52-34-18-6-19-35-52/h2-42,46,56,60,63H,43-45H2,1H3,(H,68,74)(H,69,70)/b71-47+,72-59-. The summed E-state index contributed by atoms with van der Waals surface area (Å²) in [5.74, 6) is -1.49. The number of oxime groups is 2. The highest BCUT2D eigenvalue weighted by Crippen LogP contribution is 2.45. The zero-order chi connectivity index (χ0) is 55.4. The topological polar surface area (TPSA) is 144 Å². The van der Waals surface area contributed by atoms with E-state index in [9.17, 15) is 14.4 Å². The van der Waals surface area contributed by atoms with Gasteiger partial charge in [-0.3, -0.25) is 14.5 Å². The van der Waals surface area contributed by atoms with Crippen LogP contribution < -0.4 is 10.6 Å². The van der Waals surface area contributed by atoms with Crippen molar-refractivity contribution >= 4 is 57.4 Å². The van der Waals surface area contributed by atoms with Gasteiger partial charge in [0.25, 0.3) is 5.91 Å². The van der Waals surface area contributed by atoms with Gasteiger partial charge < -0.3 is 25.0 Å². The summed E-state index contributed by atoms with van der Waals surface area (Å²) in [6.45, 7) is 1.64. The number of nitrogens with one attached hydrogen (secondary N) is 2. The van der Waals surface area contributed by atoms with E-state index < -0.39 is 35.0 Å². The molecule has 2 aliphatic heterocycles. The molecule has 402 valence electrons. The number of amides is 2. The molecular weight excluding hydrogens is 1050 g/mol. The number of β-lactam (4-membered cyclic amide) rings is 1. The van der Waals surface area contributed by atoms with Crippen LogP contribution in [0.1, 0.15) is 63.2 Å². The van der Waals surface area contributed by atoms with E-state index >= 15 is 0 Å². The zero-order valence-electron chi connectivity index (χ0n) is 44.2. The first-order valence-corrected chi connectivity index (χ1v) is 28.5. The summed E-state index contributed by atoms with van der Waals surface area (Å²) < 4.78 is 6.14. The van der Waals surface area contributed by atoms with Crippen molar-refractivity contribution in [1.29, 1.82) is 0 Å². The first-order valence-electron chi connectivity index (χ1n) is 26.6. The number of anilines is 1. The first-order chi connectivity index (χ1) is 39.8. The Balaban J connectivity index is 0.856. The van der Waals surface area contributed by atoms with Crippen molar-refractivity contribution in [2.75, 3.05) is 24.2 Å². The van der Waals surface area contributed by atoms with Gasteiger partial charge in [0.15, 0.2) is 16.9 Å². The summed E-state index contributed by atoms with van der Waals surface area (Å²) in [5.41, 5.74) is 5.56. The number of thiazole rings is 1. The van der Waals surface area contributed by atoms with E-state index in [-0.39, 0.29) is 41.5 Å². The third kappa shape index (κ3) is 11.3. The number of thioether (sulfide) groups is 1. The van der Waals surface area contributed by atoms with Crippen LogP contribution in [-0.2, 0) is 39.9 Å². The number of hydrogen-bond acceptors (Lipinski definition) is 12. The minimum Gasteiger partial charge on any atom is -0.448 e. The van der Waals surface area contributed by atoms with E-state index in [4.69, 9.17) is 24.6 Å². The Hall–Kier alpha value is -9.37. The molecule has 2 amide bonds. The molecule has 2 aliphatic rings. The molecule has 1 saturated heterocycles. The Labute approximate surface area is 478 Å². The summed E-state index contributed by atoms with van der Waals surface area (Å²) in [7, 11) is 0. The quantitative estimate of drug-likeness (QED) is 0.0236. The molecule has 2 N–H and O–H groups in total. The highest BCUT2D eigenvalue weighted by molar-refractivity contribution is 8.00. The van der Waals surface area contributed by atoms with E-state index in [0.717, 1.165) is 44.5 Å². The van der Waals surface area contributed by atoms with Gasteiger partial charge >= 0.3 is 5.97 Å². The molecule has 12 nitrogen and oxygen atoms in total. The van der Waals surface area contributed by atoms with Gasteiger partial charge in [0, 0.05) is 27.8 Å². The van der Waals surface area contributed by atoms with E-state index in [1.54, 1.807) is 18.4 Å². The Morgan fingerprint density at radius 3 is 1.54 bits per heavy atom. The lowest BCUT2D eigenvalue weighted by atomic mass is 9.77. The van der Waals surface area contributed by atoms with Crippen molar-refractivity contribution in [3.05, 3.63) is 310 Å². The summed E-state index contributed by atoms with van der Waals surface area (Å²) in [6.07, 6.45) is 1.07. The van der Waals surface area contributed by atoms with Gasteiger partial charge in [-0.05, 0) is 40.8 Å². The van der Waals surface area contributed by atoms with Crippen LogP contribution in [0.25, 0.3) is 0 Å². The number of rotatable bonds is 21. The molecular formula is C67H56N6O6S2. The molecule has 9 aromatic rings. The average molecular weight is 1110 g/mol. The fraction of sp³-hybridized carbons (Fsp3) is 0.134. The first kappa shape index (κ1) is 53.6. The largest absolute Gasteiger partial charge is 0.448 e. The normalized spacial score (nSPS) is 15.4. The van der Waals surface area contributed by atoms with Gasteiger partial charge in [0.1, 0.15) is 29.5 Å². The molecule has 0 aliphatic carbocycles. The molecule has 1 fully saturated rings. The van der Waals surface area contributed by atoms with Crippen molar-refractivity contribution in [3.63, 3.8) is 0 Å². The third-order valence-electron chi connectivity index (χ3n) is 14.3. The summed E-state index contributed by atoms with van der Waals surface area (Å²) in [5, 5.41) is 18.0. The lowest BCUT2D eigenvalue weighted by Gasteiger charge is -2.48. The van der Waals surface area contributed by atoms with Crippen molar-refractivity contribution in [2.24, 2.45) is 16.2 Å². The van der Waals surface area contributed by atoms with E-state index in [0.29, 0.717) is 16.6 Å². The van der Waals surface area contributed by atoms with Crippen LogP contribution in [0.5, 0.6) is 0 Å². The Morgan fingerprint density at radius 1 is 0.630 bits per heavy atom. The third-order valence-corrected chi connectivity index (χ3v) is 16.3. The molecule has 0 bridgehead atoms. The van der Waals surface area contributed by atoms with E-state index in [1.165, 1.54) is 28.0 Å². The Morgan fingerprint density at radius 2 is 1.07 bits per heavy atom. The van der Waals surface area contributed by atoms with Crippen molar-refractivity contribution in [3.8, 4) is 0 Å². The maximum Gasteiger partial charge on any atom is 0.355 e. The lowest BCUT2D eigenvalue weighted by Crippen LogP contribution is -2.62. The molecule has 2 unspecified atom stereocenters. The molecule has 3 heterocycles. The number of nitrogens with zero attached hydrogens (tertiary/aromatic N) is 4. The minimum absolute atomic E-state index is 0.0383. The Bertz CT molecular complexity index is 3440. The molecule has 14 heteroatoms. The van der Waals surface area contributed by atoms with Gasteiger partial charge in [-0.2, -0.15) is 0 Å². The summed E-state index contributed by atoms with van der Waals surface area (Å²) >= 11 is 2.88. The second kappa shape index (κ2) is 24.7. The number of fused-ring (bicyclic) bond motifs is 1. The molecule has 81 heavy (non-hydrogen) atoms. The van der Waals surface area contributed by atoms with Crippen LogP contribution in [0.3, 0.4) is 0 Å². The smallest absolute Gasteiger partial charge is 0.355 e. The molecule has 0 radical (unpaired) electrons. The maximum absolute atomic E-state index is 14.9. The van der Waals surface area contributed by atoms with Crippen LogP contribution in [0.15, 0.2) is 270 Å². The van der Waals surface area contributed by atoms with Crippen LogP contribution in [0.4, 0.5) is 5.13 Å². The van der Waals surface area contributed by atoms with Crippen molar-refractivity contribution in [2.45, 2.75) is 29.5 Å². The predicted octanol–water partition coefficient (Wildman–Crippen LogP) is 12.5. The number of aromatic nitrogens is 1. The van der Waals surface area contributed by atoms with E-state index in [1.807, 2.05) is 206 Å². The number of carbonyl (C=O) groups excluding carboxylic acids is 3. The molecule has 0 saturated carbocycles. The minimum atomic E-state index is -1.31. The van der Waals surface area contributed by atoms with Crippen molar-refractivity contribution < 1.29 is 28.8 Å². The van der Waals surface area contributed by atoms with E-state index in [2.05, 4.69) is 52.2 Å². The number of hydrogen-bond donors (Lipinski definition) is 2. The fourth-order valence-corrected chi connectivity index (χ4v) is 12.3. The van der Waals surface area contributed by atoms with Gasteiger partial charge in [-0.15, -0.1) is 23.1 Å². The van der Waals surface area contributed by atoms with Crippen LogP contribution >= 0.6 is 23.1 Å². The predicted molar refractivity (Wildman–Crippen MR) is 319 cm³/mol. The van der Waals surface area contributed by atoms with Crippen LogP contribution in [-0.4, -0.2) is 63.4 Å². The van der Waals surface area contributed by atoms with Gasteiger partial charge in [-0.1, -0.05) is 253 Å². The number of carbonyl (C=O) groups is 3. The average Bonchev–Trinajstić information content (AvgIpc) is 4.09. The highest BCUT2D eigenvalue weighted by Gasteiger charge is 2.53. The number of esters is 1. The SMILES string of the molecule is C/C(CNC(=O)/C(=N\OC(c1ccccc1)(c1ccccc1)c1ccccc1)c1csc(NC(c2ccccc2)(c2ccccc2)c2ccccc2)n1)=N\OCC1C(=O)N2C(C(=O)OC(c3ccccc3)c3ccccc3)=CCSC12. The second-order valence-electron chi connectivity index (χ2n) is 19.4. The molecule has 8 aromatic carbocycles. The van der Waals surface area contributed by atoms with Gasteiger partial charge in [0.05, 0.1) is 17.6 Å². The van der Waals surface area contributed by atoms with Crippen LogP contribution in [0.2, 0.25) is 0 Å². The number of benzene rings is 8. The number of ether oxygens (including phenoxy) is 1. The van der Waals surface area contributed by atoms with Crippen molar-refractivity contribution in [1.82, 2.24) is 15.2 Å². The monoisotopic (exact) mass is 1100 g/mol. The van der Waals surface area contributed by atoms with Gasteiger partial charge in [0.2, 0.25) is 11.5 Å². The Kier molecular flexibility index (Phi) is 16.4. The molecule has 2 atom stereocenters. The summed E-state index contributed by atoms with van der Waals surface area (Å²) in [6, 6.07) is 79.1. The van der Waals surface area contributed by atoms with Gasteiger partial charge in [-0.25, -0.2) is 9.78 Å². The molecule has 1 aromatic heterocycles. The molecule has 11 rings (SSSR count). The fourth-order valence-electron chi connectivity index (χ4n) is 10.3. The molecule has 0 spiro atoms.